The molecule has 0 aliphatic carbocycles. The molecule has 2 heterocycles. The molecule has 0 radical (unpaired) electrons. The molecule has 2 aromatic heterocycles. The lowest BCUT2D eigenvalue weighted by Crippen LogP contribution is -2.17. The average molecular weight is 247 g/mol. The Morgan fingerprint density at radius 2 is 2.17 bits per heavy atom. The van der Waals surface area contributed by atoms with Crippen LogP contribution in [0.15, 0.2) is 23.0 Å². The molecule has 2 rings (SSSR count). The summed E-state index contributed by atoms with van der Waals surface area (Å²) in [5.74, 6) is 1.14. The minimum Gasteiger partial charge on any atom is -0.392 e. The largest absolute Gasteiger partial charge is 0.392 e. The van der Waals surface area contributed by atoms with E-state index in [-0.39, 0.29) is 5.92 Å². The van der Waals surface area contributed by atoms with Crippen molar-refractivity contribution < 1.29 is 9.63 Å². The Bertz CT molecular complexity index is 522. The minimum atomic E-state index is -0.465. The van der Waals surface area contributed by atoms with Crippen LogP contribution >= 0.6 is 0 Å². The van der Waals surface area contributed by atoms with Crippen molar-refractivity contribution >= 4 is 0 Å². The van der Waals surface area contributed by atoms with E-state index in [1.54, 1.807) is 12.4 Å². The van der Waals surface area contributed by atoms with Gasteiger partial charge >= 0.3 is 0 Å². The van der Waals surface area contributed by atoms with Crippen LogP contribution in [0.25, 0.3) is 11.4 Å². The number of aromatic nitrogens is 3. The summed E-state index contributed by atoms with van der Waals surface area (Å²) in [6.45, 7) is 5.87. The monoisotopic (exact) mass is 247 g/mol. The van der Waals surface area contributed by atoms with Crippen LogP contribution in [-0.4, -0.2) is 26.3 Å². The van der Waals surface area contributed by atoms with E-state index in [4.69, 9.17) is 4.52 Å². The van der Waals surface area contributed by atoms with Gasteiger partial charge in [0, 0.05) is 18.0 Å². The van der Waals surface area contributed by atoms with E-state index in [2.05, 4.69) is 15.1 Å². The topological polar surface area (TPSA) is 72.0 Å². The molecule has 0 aliphatic heterocycles. The van der Waals surface area contributed by atoms with Gasteiger partial charge in [0.05, 0.1) is 12.5 Å². The maximum absolute atomic E-state index is 9.77. The van der Waals surface area contributed by atoms with Crippen LogP contribution in [0.2, 0.25) is 0 Å². The van der Waals surface area contributed by atoms with Gasteiger partial charge in [-0.25, -0.2) is 0 Å². The van der Waals surface area contributed by atoms with Gasteiger partial charge in [0.1, 0.15) is 0 Å². The lowest BCUT2D eigenvalue weighted by molar-refractivity contribution is 0.116. The van der Waals surface area contributed by atoms with Crippen molar-refractivity contribution in [3.05, 3.63) is 29.9 Å². The fourth-order valence-electron chi connectivity index (χ4n) is 1.56. The number of aryl methyl sites for hydroxylation is 1. The second kappa shape index (κ2) is 5.27. The molecule has 2 aromatic rings. The van der Waals surface area contributed by atoms with Gasteiger partial charge in [0.25, 0.3) is 0 Å². The summed E-state index contributed by atoms with van der Waals surface area (Å²) < 4.78 is 5.15. The molecular weight excluding hydrogens is 230 g/mol. The van der Waals surface area contributed by atoms with E-state index in [0.29, 0.717) is 18.1 Å². The zero-order chi connectivity index (χ0) is 13.1. The van der Waals surface area contributed by atoms with Crippen LogP contribution < -0.4 is 0 Å². The highest BCUT2D eigenvalue weighted by Gasteiger charge is 2.16. The Kier molecular flexibility index (Phi) is 3.72. The third-order valence-electron chi connectivity index (χ3n) is 2.90. The second-order valence-electron chi connectivity index (χ2n) is 4.72. The molecule has 0 saturated heterocycles. The predicted molar refractivity (Wildman–Crippen MR) is 66.8 cm³/mol. The molecule has 0 amide bonds. The van der Waals surface area contributed by atoms with Gasteiger partial charge < -0.3 is 9.63 Å². The van der Waals surface area contributed by atoms with Crippen molar-refractivity contribution in [1.29, 1.82) is 0 Å². The smallest absolute Gasteiger partial charge is 0.229 e. The van der Waals surface area contributed by atoms with Crippen LogP contribution in [0, 0.1) is 12.8 Å². The van der Waals surface area contributed by atoms with Crippen molar-refractivity contribution in [1.82, 2.24) is 15.1 Å². The summed E-state index contributed by atoms with van der Waals surface area (Å²) in [7, 11) is 0. The molecule has 0 bridgehead atoms. The number of hydrogen-bond acceptors (Lipinski definition) is 5. The second-order valence-corrected chi connectivity index (χ2v) is 4.72. The molecule has 18 heavy (non-hydrogen) atoms. The van der Waals surface area contributed by atoms with Crippen LogP contribution in [0.1, 0.15) is 25.3 Å². The summed E-state index contributed by atoms with van der Waals surface area (Å²) in [5, 5.41) is 13.7. The van der Waals surface area contributed by atoms with Crippen molar-refractivity contribution in [3.8, 4) is 11.4 Å². The van der Waals surface area contributed by atoms with E-state index in [1.165, 1.54) is 0 Å². The zero-order valence-corrected chi connectivity index (χ0v) is 10.8. The molecule has 5 nitrogen and oxygen atoms in total. The first-order valence-corrected chi connectivity index (χ1v) is 5.99. The molecule has 0 aliphatic rings. The van der Waals surface area contributed by atoms with Gasteiger partial charge in [-0.15, -0.1) is 0 Å². The van der Waals surface area contributed by atoms with Crippen LogP contribution in [0.5, 0.6) is 0 Å². The third kappa shape index (κ3) is 2.73. The van der Waals surface area contributed by atoms with E-state index < -0.39 is 6.10 Å². The van der Waals surface area contributed by atoms with E-state index in [0.717, 1.165) is 11.1 Å². The highest BCUT2D eigenvalue weighted by atomic mass is 16.5. The van der Waals surface area contributed by atoms with Crippen molar-refractivity contribution in [3.63, 3.8) is 0 Å². The highest BCUT2D eigenvalue weighted by molar-refractivity contribution is 5.57. The fourth-order valence-corrected chi connectivity index (χ4v) is 1.56. The molecule has 0 fully saturated rings. The quantitative estimate of drug-likeness (QED) is 0.894. The number of rotatable bonds is 4. The first kappa shape index (κ1) is 12.7. The van der Waals surface area contributed by atoms with E-state index in [1.807, 2.05) is 26.8 Å². The van der Waals surface area contributed by atoms with Crippen molar-refractivity contribution in [2.75, 3.05) is 0 Å². The molecule has 5 heteroatoms. The van der Waals surface area contributed by atoms with Gasteiger partial charge in [0.15, 0.2) is 0 Å². The molecule has 0 saturated carbocycles. The van der Waals surface area contributed by atoms with E-state index in [9.17, 15) is 5.11 Å². The number of pyridine rings is 1. The Hall–Kier alpha value is -1.75. The number of aliphatic hydroxyl groups excluding tert-OH is 1. The lowest BCUT2D eigenvalue weighted by Gasteiger charge is -2.10. The van der Waals surface area contributed by atoms with Crippen LogP contribution in [0.3, 0.4) is 0 Å². The Balaban J connectivity index is 2.18. The summed E-state index contributed by atoms with van der Waals surface area (Å²) in [6.07, 6.45) is 3.35. The first-order chi connectivity index (χ1) is 8.58. The van der Waals surface area contributed by atoms with E-state index >= 15 is 0 Å². The summed E-state index contributed by atoms with van der Waals surface area (Å²) in [5.41, 5.74) is 1.90. The Labute approximate surface area is 106 Å². The Morgan fingerprint density at radius 3 is 2.83 bits per heavy atom. The standard InChI is InChI=1S/C13H17N3O2/c1-8(2)11(17)6-12-15-13(16-18-12)10-7-14-5-4-9(10)3/h4-5,7-8,11,17H,6H2,1-3H3. The molecule has 0 aromatic carbocycles. The first-order valence-electron chi connectivity index (χ1n) is 5.99. The average Bonchev–Trinajstić information content (AvgIpc) is 2.77. The summed E-state index contributed by atoms with van der Waals surface area (Å²) >= 11 is 0. The molecule has 0 spiro atoms. The lowest BCUT2D eigenvalue weighted by atomic mass is 10.0. The number of hydrogen-bond donors (Lipinski definition) is 1. The van der Waals surface area contributed by atoms with Gasteiger partial charge in [-0.3, -0.25) is 4.98 Å². The number of nitrogens with zero attached hydrogens (tertiary/aromatic N) is 3. The normalized spacial score (nSPS) is 12.9. The maximum atomic E-state index is 9.77. The van der Waals surface area contributed by atoms with Crippen LogP contribution in [-0.2, 0) is 6.42 Å². The third-order valence-corrected chi connectivity index (χ3v) is 2.90. The zero-order valence-electron chi connectivity index (χ0n) is 10.8. The molecule has 1 N–H and O–H groups in total. The molecule has 1 unspecified atom stereocenters. The van der Waals surface area contributed by atoms with Crippen molar-refractivity contribution in [2.45, 2.75) is 33.3 Å². The van der Waals surface area contributed by atoms with Crippen molar-refractivity contribution in [2.24, 2.45) is 5.92 Å². The molecule has 1 atom stereocenters. The van der Waals surface area contributed by atoms with Gasteiger partial charge in [-0.2, -0.15) is 4.98 Å². The maximum Gasteiger partial charge on any atom is 0.229 e. The Morgan fingerprint density at radius 1 is 1.39 bits per heavy atom. The van der Waals surface area contributed by atoms with Gasteiger partial charge in [-0.05, 0) is 24.5 Å². The highest BCUT2D eigenvalue weighted by Crippen LogP contribution is 2.19. The predicted octanol–water partition coefficient (Wildman–Crippen LogP) is 2.00. The fraction of sp³-hybridized carbons (Fsp3) is 0.462. The minimum absolute atomic E-state index is 0.167. The van der Waals surface area contributed by atoms with Gasteiger partial charge in [-0.1, -0.05) is 19.0 Å². The molecular formula is C13H17N3O2. The molecule has 96 valence electrons. The summed E-state index contributed by atoms with van der Waals surface area (Å²) in [6, 6.07) is 1.90. The SMILES string of the molecule is Cc1ccncc1-c1noc(CC(O)C(C)C)n1. The van der Waals surface area contributed by atoms with Gasteiger partial charge in [0.2, 0.25) is 11.7 Å². The summed E-state index contributed by atoms with van der Waals surface area (Å²) in [4.78, 5) is 8.34. The van der Waals surface area contributed by atoms with Crippen LogP contribution in [0.4, 0.5) is 0 Å². The number of aliphatic hydroxyl groups is 1.